The van der Waals surface area contributed by atoms with E-state index in [0.717, 1.165) is 37.7 Å². The van der Waals surface area contributed by atoms with Crippen molar-refractivity contribution in [1.29, 1.82) is 0 Å². The zero-order valence-corrected chi connectivity index (χ0v) is 17.4. The highest BCUT2D eigenvalue weighted by molar-refractivity contribution is 5.93. The second-order valence-electron chi connectivity index (χ2n) is 7.58. The molecule has 0 aliphatic rings. The van der Waals surface area contributed by atoms with Crippen LogP contribution in [0, 0.1) is 0 Å². The molecule has 0 aliphatic carbocycles. The molecule has 1 aromatic carbocycles. The van der Waals surface area contributed by atoms with Crippen LogP contribution in [0.3, 0.4) is 0 Å². The number of hydrogen-bond donors (Lipinski definition) is 3. The molecule has 0 spiro atoms. The second-order valence-corrected chi connectivity index (χ2v) is 7.58. The van der Waals surface area contributed by atoms with Crippen molar-refractivity contribution in [3.05, 3.63) is 45.6 Å². The molecule has 4 nitrogen and oxygen atoms in total. The Morgan fingerprint density at radius 3 is 2.30 bits per heavy atom. The van der Waals surface area contributed by atoms with E-state index in [-0.39, 0.29) is 17.1 Å². The van der Waals surface area contributed by atoms with E-state index in [1.807, 2.05) is 13.8 Å². The fourth-order valence-corrected chi connectivity index (χ4v) is 3.13. The SMILES string of the molecule is CCCCCc1cc(O)c(C/C(C)=C(\C)CCC=C(C)C)c(O)c1C(=O)O. The van der Waals surface area contributed by atoms with E-state index in [1.165, 1.54) is 17.2 Å². The van der Waals surface area contributed by atoms with E-state index >= 15 is 0 Å². The van der Waals surface area contributed by atoms with Gasteiger partial charge in [0.25, 0.3) is 0 Å². The van der Waals surface area contributed by atoms with Crippen molar-refractivity contribution in [1.82, 2.24) is 0 Å². The Morgan fingerprint density at radius 2 is 1.74 bits per heavy atom. The number of benzene rings is 1. The molecule has 1 rings (SSSR count). The molecule has 0 aliphatic heterocycles. The number of hydrogen-bond acceptors (Lipinski definition) is 3. The first-order valence-corrected chi connectivity index (χ1v) is 9.77. The minimum Gasteiger partial charge on any atom is -0.508 e. The summed E-state index contributed by atoms with van der Waals surface area (Å²) in [6.07, 6.45) is 7.74. The van der Waals surface area contributed by atoms with Crippen molar-refractivity contribution in [2.75, 3.05) is 0 Å². The number of rotatable bonds is 10. The topological polar surface area (TPSA) is 77.8 Å². The molecule has 0 unspecified atom stereocenters. The molecule has 0 saturated heterocycles. The van der Waals surface area contributed by atoms with Gasteiger partial charge in [0.2, 0.25) is 0 Å². The van der Waals surface area contributed by atoms with Crippen LogP contribution >= 0.6 is 0 Å². The molecule has 0 amide bonds. The van der Waals surface area contributed by atoms with E-state index in [2.05, 4.69) is 26.8 Å². The van der Waals surface area contributed by atoms with Gasteiger partial charge in [0.15, 0.2) is 0 Å². The molecule has 0 atom stereocenters. The van der Waals surface area contributed by atoms with Crippen LogP contribution in [0.15, 0.2) is 28.9 Å². The molecule has 0 aromatic heterocycles. The van der Waals surface area contributed by atoms with Gasteiger partial charge in [-0.2, -0.15) is 0 Å². The number of unbranched alkanes of at least 4 members (excludes halogenated alkanes) is 2. The first-order chi connectivity index (χ1) is 12.7. The fourth-order valence-electron chi connectivity index (χ4n) is 3.13. The number of carboxylic acid groups (broad SMARTS) is 1. The summed E-state index contributed by atoms with van der Waals surface area (Å²) >= 11 is 0. The standard InChI is InChI=1S/C23H34O4/c1-6-7-8-12-18-14-20(24)19(22(25)21(18)23(26)27)13-17(5)16(4)11-9-10-15(2)3/h10,14,24-25H,6-9,11-13H2,1-5H3,(H,26,27)/b17-16+. The van der Waals surface area contributed by atoms with Crippen LogP contribution in [-0.4, -0.2) is 21.3 Å². The lowest BCUT2D eigenvalue weighted by Crippen LogP contribution is -2.06. The highest BCUT2D eigenvalue weighted by atomic mass is 16.4. The lowest BCUT2D eigenvalue weighted by Gasteiger charge is -2.16. The van der Waals surface area contributed by atoms with Gasteiger partial charge in [-0.05, 0) is 65.0 Å². The first kappa shape index (κ1) is 22.8. The zero-order valence-electron chi connectivity index (χ0n) is 17.4. The second kappa shape index (κ2) is 10.8. The third kappa shape index (κ3) is 6.78. The summed E-state index contributed by atoms with van der Waals surface area (Å²) in [5.41, 5.74) is 4.23. The third-order valence-corrected chi connectivity index (χ3v) is 4.97. The number of aryl methyl sites for hydroxylation is 1. The minimum atomic E-state index is -1.15. The van der Waals surface area contributed by atoms with Crippen molar-refractivity contribution in [3.63, 3.8) is 0 Å². The quantitative estimate of drug-likeness (QED) is 0.339. The maximum atomic E-state index is 11.7. The molecule has 1 aromatic rings. The van der Waals surface area contributed by atoms with Gasteiger partial charge in [-0.15, -0.1) is 0 Å². The van der Waals surface area contributed by atoms with Crippen molar-refractivity contribution in [2.45, 2.75) is 79.6 Å². The van der Waals surface area contributed by atoms with Crippen molar-refractivity contribution in [2.24, 2.45) is 0 Å². The van der Waals surface area contributed by atoms with Crippen LogP contribution in [0.1, 0.15) is 88.2 Å². The minimum absolute atomic E-state index is 0.0274. The van der Waals surface area contributed by atoms with Crippen molar-refractivity contribution >= 4 is 5.97 Å². The Labute approximate surface area is 163 Å². The summed E-state index contributed by atoms with van der Waals surface area (Å²) in [6.45, 7) is 10.2. The molecule has 0 radical (unpaired) electrons. The van der Waals surface area contributed by atoms with Crippen LogP contribution in [-0.2, 0) is 12.8 Å². The number of carbonyl (C=O) groups is 1. The molecular formula is C23H34O4. The van der Waals surface area contributed by atoms with Crippen LogP contribution < -0.4 is 0 Å². The molecule has 0 heterocycles. The summed E-state index contributed by atoms with van der Waals surface area (Å²) in [5.74, 6) is -1.48. The summed E-state index contributed by atoms with van der Waals surface area (Å²) in [7, 11) is 0. The predicted molar refractivity (Wildman–Crippen MR) is 111 cm³/mol. The lowest BCUT2D eigenvalue weighted by molar-refractivity contribution is 0.0692. The van der Waals surface area contributed by atoms with Gasteiger partial charge in [-0.1, -0.05) is 42.6 Å². The maximum Gasteiger partial charge on any atom is 0.339 e. The van der Waals surface area contributed by atoms with Gasteiger partial charge in [-0.3, -0.25) is 0 Å². The Morgan fingerprint density at radius 1 is 1.07 bits per heavy atom. The van der Waals surface area contributed by atoms with Gasteiger partial charge in [0.1, 0.15) is 17.1 Å². The van der Waals surface area contributed by atoms with E-state index in [4.69, 9.17) is 0 Å². The fraction of sp³-hybridized carbons (Fsp3) is 0.522. The highest BCUT2D eigenvalue weighted by Gasteiger charge is 2.22. The Kier molecular flexibility index (Phi) is 9.13. The number of phenolic OH excluding ortho intramolecular Hbond substituents is 1. The number of phenols is 2. The Hall–Kier alpha value is -2.23. The molecule has 0 saturated carbocycles. The smallest absolute Gasteiger partial charge is 0.339 e. The van der Waals surface area contributed by atoms with Crippen LogP contribution in [0.2, 0.25) is 0 Å². The van der Waals surface area contributed by atoms with E-state index in [1.54, 1.807) is 0 Å². The largest absolute Gasteiger partial charge is 0.508 e. The molecule has 0 bridgehead atoms. The molecule has 27 heavy (non-hydrogen) atoms. The average Bonchev–Trinajstić information content (AvgIpc) is 2.57. The van der Waals surface area contributed by atoms with Gasteiger partial charge < -0.3 is 15.3 Å². The van der Waals surface area contributed by atoms with E-state index in [0.29, 0.717) is 24.0 Å². The van der Waals surface area contributed by atoms with Crippen molar-refractivity contribution < 1.29 is 20.1 Å². The number of aromatic carboxylic acids is 1. The van der Waals surface area contributed by atoms with Gasteiger partial charge in [-0.25, -0.2) is 4.79 Å². The molecule has 3 N–H and O–H groups in total. The zero-order chi connectivity index (χ0) is 20.6. The summed E-state index contributed by atoms with van der Waals surface area (Å²) in [4.78, 5) is 11.7. The lowest BCUT2D eigenvalue weighted by atomic mass is 9.92. The molecular weight excluding hydrogens is 340 g/mol. The summed E-state index contributed by atoms with van der Waals surface area (Å²) in [6, 6.07) is 1.51. The molecule has 0 fully saturated rings. The molecule has 150 valence electrons. The third-order valence-electron chi connectivity index (χ3n) is 4.97. The highest BCUT2D eigenvalue weighted by Crippen LogP contribution is 2.36. The summed E-state index contributed by atoms with van der Waals surface area (Å²) in [5, 5.41) is 30.6. The number of allylic oxidation sites excluding steroid dienone is 4. The van der Waals surface area contributed by atoms with Gasteiger partial charge >= 0.3 is 5.97 Å². The van der Waals surface area contributed by atoms with Crippen molar-refractivity contribution in [3.8, 4) is 11.5 Å². The number of aromatic hydroxyl groups is 2. The first-order valence-electron chi connectivity index (χ1n) is 9.77. The summed E-state index contributed by atoms with van der Waals surface area (Å²) < 4.78 is 0. The predicted octanol–water partition coefficient (Wildman–Crippen LogP) is 6.15. The monoisotopic (exact) mass is 374 g/mol. The normalized spacial score (nSPS) is 11.9. The van der Waals surface area contributed by atoms with Gasteiger partial charge in [0.05, 0.1) is 0 Å². The van der Waals surface area contributed by atoms with Crippen LogP contribution in [0.4, 0.5) is 0 Å². The Bertz CT molecular complexity index is 722. The maximum absolute atomic E-state index is 11.7. The Balaban J connectivity index is 3.15. The molecule has 4 heteroatoms. The average molecular weight is 375 g/mol. The van der Waals surface area contributed by atoms with Crippen LogP contribution in [0.25, 0.3) is 0 Å². The van der Waals surface area contributed by atoms with Gasteiger partial charge in [0, 0.05) is 12.0 Å². The number of carboxylic acids is 1. The van der Waals surface area contributed by atoms with Crippen LogP contribution in [0.5, 0.6) is 11.5 Å². The van der Waals surface area contributed by atoms with E-state index in [9.17, 15) is 20.1 Å². The van der Waals surface area contributed by atoms with E-state index < -0.39 is 5.97 Å².